The normalized spacial score (nSPS) is 11.5. The van der Waals surface area contributed by atoms with E-state index in [0.29, 0.717) is 11.4 Å². The van der Waals surface area contributed by atoms with Gasteiger partial charge in [0.05, 0.1) is 24.7 Å². The van der Waals surface area contributed by atoms with Crippen LogP contribution in [0.2, 0.25) is 0 Å². The van der Waals surface area contributed by atoms with Crippen molar-refractivity contribution in [2.45, 2.75) is 0 Å². The number of anilines is 8. The summed E-state index contributed by atoms with van der Waals surface area (Å²) in [4.78, 5) is 25.0. The van der Waals surface area contributed by atoms with E-state index in [1.54, 1.807) is 24.3 Å². The highest BCUT2D eigenvalue weighted by Gasteiger charge is 2.12. The van der Waals surface area contributed by atoms with Gasteiger partial charge in [-0.2, -0.15) is 46.7 Å². The van der Waals surface area contributed by atoms with Crippen molar-refractivity contribution in [3.8, 4) is 0 Å². The second-order valence-corrected chi connectivity index (χ2v) is 11.3. The fourth-order valence-corrected chi connectivity index (χ4v) is 3.75. The van der Waals surface area contributed by atoms with Gasteiger partial charge in [-0.25, -0.2) is 0 Å². The monoisotopic (exact) mass is 630 g/mol. The van der Waals surface area contributed by atoms with Crippen LogP contribution < -0.4 is 31.9 Å². The van der Waals surface area contributed by atoms with Gasteiger partial charge in [0.25, 0.3) is 20.2 Å². The lowest BCUT2D eigenvalue weighted by Crippen LogP contribution is -2.19. The predicted octanol–water partition coefficient (Wildman–Crippen LogP) is -1.05. The minimum absolute atomic E-state index is 0.0167. The summed E-state index contributed by atoms with van der Waals surface area (Å²) in [6.07, 6.45) is 0. The van der Waals surface area contributed by atoms with Gasteiger partial charge in [0.2, 0.25) is 35.7 Å². The molecule has 0 unspecified atom stereocenters. The Balaban J connectivity index is 1.80. The fraction of sp³-hybridized carbons (Fsp3) is 0.400. The van der Waals surface area contributed by atoms with Crippen LogP contribution in [0.25, 0.3) is 0 Å². The van der Waals surface area contributed by atoms with Gasteiger partial charge in [0, 0.05) is 37.6 Å². The van der Waals surface area contributed by atoms with E-state index >= 15 is 0 Å². The maximum absolute atomic E-state index is 11.0. The summed E-state index contributed by atoms with van der Waals surface area (Å²) in [5.74, 6) is -0.908. The molecule has 3 aromatic rings. The Morgan fingerprint density at radius 3 is 1.21 bits per heavy atom. The molecule has 0 bridgehead atoms. The minimum atomic E-state index is -4.25. The average molecular weight is 631 g/mol. The summed E-state index contributed by atoms with van der Waals surface area (Å²) in [6, 6.07) is 6.75. The summed E-state index contributed by atoms with van der Waals surface area (Å²) < 4.78 is 62.1. The molecule has 0 aliphatic carbocycles. The van der Waals surface area contributed by atoms with Gasteiger partial charge in [-0.1, -0.05) is 6.07 Å². The molecule has 0 aliphatic rings. The largest absolute Gasteiger partial charge is 0.395 e. The molecule has 1 aromatic carbocycles. The van der Waals surface area contributed by atoms with Crippen molar-refractivity contribution in [3.63, 3.8) is 0 Å². The predicted molar refractivity (Wildman–Crippen MR) is 154 cm³/mol. The second-order valence-electron chi connectivity index (χ2n) is 8.17. The van der Waals surface area contributed by atoms with E-state index in [9.17, 15) is 16.8 Å². The number of aromatic nitrogens is 6. The van der Waals surface area contributed by atoms with Gasteiger partial charge in [0.1, 0.15) is 0 Å². The van der Waals surface area contributed by atoms with Crippen LogP contribution in [0.3, 0.4) is 0 Å². The molecule has 0 saturated carbocycles. The van der Waals surface area contributed by atoms with Crippen LogP contribution in [0, 0.1) is 0 Å². The van der Waals surface area contributed by atoms with Crippen molar-refractivity contribution < 1.29 is 36.2 Å². The van der Waals surface area contributed by atoms with E-state index in [-0.39, 0.29) is 75.1 Å². The molecule has 20 nitrogen and oxygen atoms in total. The molecule has 0 amide bonds. The highest BCUT2D eigenvalue weighted by Crippen LogP contribution is 2.22. The van der Waals surface area contributed by atoms with Gasteiger partial charge in [-0.3, -0.25) is 9.11 Å². The van der Waals surface area contributed by atoms with Crippen LogP contribution in [0.5, 0.6) is 0 Å². The van der Waals surface area contributed by atoms with Crippen LogP contribution in [0.1, 0.15) is 0 Å². The Labute approximate surface area is 240 Å². The topological polar surface area (TPSA) is 299 Å². The first-order valence-corrected chi connectivity index (χ1v) is 15.4. The molecule has 0 saturated heterocycles. The standard InChI is InChI=1S/C20H30N12O8S2/c33-8-4-21-15-27-16(22-5-9-34)30-19(29-15)25-13-2-1-3-14(12-13)26-20-31-17(23-6-10-41(35,36)37)28-18(32-20)24-7-11-42(38,39)40/h1-3,12,33-34H,4-11H2,(H,35,36,37)(H,38,39,40)(H3,21,22,25,27,29,30)(H3,23,24,26,28,31,32). The van der Waals surface area contributed by atoms with Crippen LogP contribution in [0.4, 0.5) is 47.1 Å². The first kappa shape index (κ1) is 32.3. The first-order valence-electron chi connectivity index (χ1n) is 12.2. The van der Waals surface area contributed by atoms with Crippen LogP contribution >= 0.6 is 0 Å². The third-order valence-electron chi connectivity index (χ3n) is 4.72. The van der Waals surface area contributed by atoms with E-state index in [4.69, 9.17) is 19.3 Å². The highest BCUT2D eigenvalue weighted by molar-refractivity contribution is 7.86. The summed E-state index contributed by atoms with van der Waals surface area (Å²) in [5.41, 5.74) is 1.00. The molecule has 0 radical (unpaired) electrons. The summed E-state index contributed by atoms with van der Waals surface area (Å²) >= 11 is 0. The summed E-state index contributed by atoms with van der Waals surface area (Å²) in [5, 5.41) is 35.1. The zero-order valence-corrected chi connectivity index (χ0v) is 23.5. The minimum Gasteiger partial charge on any atom is -0.395 e. The first-order chi connectivity index (χ1) is 19.9. The van der Waals surface area contributed by atoms with Crippen molar-refractivity contribution in [1.29, 1.82) is 0 Å². The number of aliphatic hydroxyl groups excluding tert-OH is 2. The quantitative estimate of drug-likeness (QED) is 0.0750. The Bertz CT molecular complexity index is 1460. The number of hydrogen-bond acceptors (Lipinski definition) is 18. The molecule has 22 heteroatoms. The third-order valence-corrected chi connectivity index (χ3v) is 6.16. The molecule has 0 fully saturated rings. The second kappa shape index (κ2) is 15.1. The zero-order valence-electron chi connectivity index (χ0n) is 21.9. The molecule has 3 rings (SSSR count). The molecule has 0 spiro atoms. The third kappa shape index (κ3) is 12.1. The van der Waals surface area contributed by atoms with E-state index in [1.807, 2.05) is 0 Å². The van der Waals surface area contributed by atoms with Crippen molar-refractivity contribution in [1.82, 2.24) is 29.9 Å². The summed E-state index contributed by atoms with van der Waals surface area (Å²) in [6.45, 7) is -0.353. The number of hydrogen-bond donors (Lipinski definition) is 10. The molecule has 230 valence electrons. The zero-order chi connectivity index (χ0) is 30.6. The van der Waals surface area contributed by atoms with E-state index in [2.05, 4.69) is 61.8 Å². The maximum Gasteiger partial charge on any atom is 0.266 e. The molecule has 42 heavy (non-hydrogen) atoms. The molecule has 2 heterocycles. The molecule has 10 N–H and O–H groups in total. The number of aliphatic hydroxyl groups is 2. The van der Waals surface area contributed by atoms with Crippen molar-refractivity contribution in [2.75, 3.05) is 82.8 Å². The Morgan fingerprint density at radius 2 is 0.881 bits per heavy atom. The number of rotatable bonds is 18. The van der Waals surface area contributed by atoms with Gasteiger partial charge < -0.3 is 42.1 Å². The van der Waals surface area contributed by atoms with Gasteiger partial charge in [0.15, 0.2) is 0 Å². The smallest absolute Gasteiger partial charge is 0.266 e. The lowest BCUT2D eigenvalue weighted by Gasteiger charge is -2.13. The Morgan fingerprint density at radius 1 is 0.548 bits per heavy atom. The molecule has 2 aromatic heterocycles. The number of nitrogens with zero attached hydrogens (tertiary/aromatic N) is 6. The van der Waals surface area contributed by atoms with Crippen molar-refractivity contribution in [3.05, 3.63) is 24.3 Å². The van der Waals surface area contributed by atoms with Crippen LogP contribution in [0.15, 0.2) is 24.3 Å². The molecular weight excluding hydrogens is 600 g/mol. The number of nitrogens with one attached hydrogen (secondary N) is 6. The molecular formula is C20H30N12O8S2. The van der Waals surface area contributed by atoms with E-state index in [0.717, 1.165) is 0 Å². The van der Waals surface area contributed by atoms with Gasteiger partial charge in [-0.15, -0.1) is 0 Å². The van der Waals surface area contributed by atoms with E-state index < -0.39 is 31.7 Å². The van der Waals surface area contributed by atoms with Crippen LogP contribution in [-0.2, 0) is 20.2 Å². The Kier molecular flexibility index (Phi) is 11.6. The van der Waals surface area contributed by atoms with Crippen LogP contribution in [-0.4, -0.2) is 117 Å². The van der Waals surface area contributed by atoms with Crippen molar-refractivity contribution >= 4 is 67.3 Å². The number of benzene rings is 1. The van der Waals surface area contributed by atoms with Gasteiger partial charge >= 0.3 is 0 Å². The average Bonchev–Trinajstić information content (AvgIpc) is 2.89. The van der Waals surface area contributed by atoms with Gasteiger partial charge in [-0.05, 0) is 18.2 Å². The maximum atomic E-state index is 11.0. The summed E-state index contributed by atoms with van der Waals surface area (Å²) in [7, 11) is -8.50. The van der Waals surface area contributed by atoms with E-state index in [1.165, 1.54) is 0 Å². The lowest BCUT2D eigenvalue weighted by molar-refractivity contribution is 0.310. The lowest BCUT2D eigenvalue weighted by atomic mass is 10.3. The fourth-order valence-electron chi connectivity index (χ4n) is 3.03. The SMILES string of the molecule is O=S(=O)(O)CCNc1nc(NCCS(=O)(=O)O)nc(Nc2cccc(Nc3nc(NCCO)nc(NCCO)n3)c2)n1. The van der Waals surface area contributed by atoms with Crippen molar-refractivity contribution in [2.24, 2.45) is 0 Å². The molecule has 0 aliphatic heterocycles. The molecule has 0 atom stereocenters. The highest BCUT2D eigenvalue weighted by atomic mass is 32.2. The Hall–Kier alpha value is -4.22.